The third kappa shape index (κ3) is 4.02. The molecule has 0 unspecified atom stereocenters. The minimum Gasteiger partial charge on any atom is -0.367 e. The molecule has 2 aromatic rings. The molecule has 1 aromatic heterocycles. The molecule has 3 rings (SSSR count). The van der Waals surface area contributed by atoms with Crippen LogP contribution >= 0.6 is 0 Å². The number of benzene rings is 1. The average molecular weight is 285 g/mol. The largest absolute Gasteiger partial charge is 0.367 e. The lowest BCUT2D eigenvalue weighted by molar-refractivity contribution is -0.115. The molecule has 0 atom stereocenters. The monoisotopic (exact) mass is 285 g/mol. The van der Waals surface area contributed by atoms with E-state index in [0.717, 1.165) is 11.4 Å². The van der Waals surface area contributed by atoms with Gasteiger partial charge in [-0.15, -0.1) is 0 Å². The highest BCUT2D eigenvalue weighted by Crippen LogP contribution is 2.23. The summed E-state index contributed by atoms with van der Waals surface area (Å²) in [5, 5.41) is 6.06. The molecule has 108 valence electrons. The first-order chi connectivity index (χ1) is 10.2. The molecule has 21 heavy (non-hydrogen) atoms. The van der Waals surface area contributed by atoms with Crippen LogP contribution in [0, 0.1) is 5.82 Å². The topological polar surface area (TPSA) is 54.0 Å². The molecule has 0 aliphatic heterocycles. The second-order valence-corrected chi connectivity index (χ2v) is 5.20. The number of nitrogens with one attached hydrogen (secondary N) is 2. The van der Waals surface area contributed by atoms with Gasteiger partial charge in [0.05, 0.1) is 18.3 Å². The van der Waals surface area contributed by atoms with E-state index in [1.807, 2.05) is 12.1 Å². The third-order valence-electron chi connectivity index (χ3n) is 3.25. The highest BCUT2D eigenvalue weighted by molar-refractivity contribution is 5.92. The van der Waals surface area contributed by atoms with Crippen LogP contribution in [-0.2, 0) is 11.2 Å². The summed E-state index contributed by atoms with van der Waals surface area (Å²) in [7, 11) is 0. The maximum absolute atomic E-state index is 12.8. The van der Waals surface area contributed by atoms with Crippen molar-refractivity contribution < 1.29 is 9.18 Å². The van der Waals surface area contributed by atoms with Crippen molar-refractivity contribution in [2.24, 2.45) is 0 Å². The predicted molar refractivity (Wildman–Crippen MR) is 79.6 cm³/mol. The maximum atomic E-state index is 12.8. The zero-order chi connectivity index (χ0) is 14.7. The zero-order valence-corrected chi connectivity index (χ0v) is 11.5. The van der Waals surface area contributed by atoms with Gasteiger partial charge in [0.15, 0.2) is 0 Å². The van der Waals surface area contributed by atoms with E-state index < -0.39 is 0 Å². The Morgan fingerprint density at radius 2 is 1.95 bits per heavy atom. The molecule has 1 fully saturated rings. The Kier molecular flexibility index (Phi) is 3.81. The molecule has 2 N–H and O–H groups in total. The van der Waals surface area contributed by atoms with Gasteiger partial charge in [0.25, 0.3) is 0 Å². The first-order valence-corrected chi connectivity index (χ1v) is 6.96. The van der Waals surface area contributed by atoms with Crippen molar-refractivity contribution in [2.75, 3.05) is 10.6 Å². The van der Waals surface area contributed by atoms with Gasteiger partial charge in [-0.3, -0.25) is 4.79 Å². The summed E-state index contributed by atoms with van der Waals surface area (Å²) in [6.45, 7) is 0. The molecule has 5 heteroatoms. The Morgan fingerprint density at radius 1 is 1.19 bits per heavy atom. The fraction of sp³-hybridized carbons (Fsp3) is 0.250. The Morgan fingerprint density at radius 3 is 2.57 bits per heavy atom. The van der Waals surface area contributed by atoms with Crippen LogP contribution < -0.4 is 10.6 Å². The first kappa shape index (κ1) is 13.5. The molecule has 1 saturated carbocycles. The van der Waals surface area contributed by atoms with Crippen molar-refractivity contribution in [1.29, 1.82) is 0 Å². The van der Waals surface area contributed by atoms with Gasteiger partial charge in [-0.05, 0) is 42.7 Å². The SMILES string of the molecule is O=C(Cc1ccc(F)cc1)Nc1ccc(NC2CC2)nc1. The van der Waals surface area contributed by atoms with Crippen molar-refractivity contribution in [2.45, 2.75) is 25.3 Å². The summed E-state index contributed by atoms with van der Waals surface area (Å²) in [4.78, 5) is 16.1. The second kappa shape index (κ2) is 5.91. The van der Waals surface area contributed by atoms with E-state index in [-0.39, 0.29) is 18.1 Å². The zero-order valence-electron chi connectivity index (χ0n) is 11.5. The van der Waals surface area contributed by atoms with E-state index >= 15 is 0 Å². The summed E-state index contributed by atoms with van der Waals surface area (Å²) >= 11 is 0. The fourth-order valence-electron chi connectivity index (χ4n) is 1.98. The number of halogens is 1. The number of rotatable bonds is 5. The number of amides is 1. The number of nitrogens with zero attached hydrogens (tertiary/aromatic N) is 1. The van der Waals surface area contributed by atoms with E-state index in [1.165, 1.54) is 25.0 Å². The lowest BCUT2D eigenvalue weighted by Crippen LogP contribution is -2.14. The maximum Gasteiger partial charge on any atom is 0.228 e. The van der Waals surface area contributed by atoms with Gasteiger partial charge in [-0.25, -0.2) is 9.37 Å². The van der Waals surface area contributed by atoms with Crippen molar-refractivity contribution in [1.82, 2.24) is 4.98 Å². The molecule has 0 spiro atoms. The van der Waals surface area contributed by atoms with Crippen LogP contribution in [0.25, 0.3) is 0 Å². The van der Waals surface area contributed by atoms with Crippen LogP contribution in [-0.4, -0.2) is 16.9 Å². The molecular formula is C16H16FN3O. The van der Waals surface area contributed by atoms with E-state index in [0.29, 0.717) is 11.7 Å². The van der Waals surface area contributed by atoms with Gasteiger partial charge in [0, 0.05) is 6.04 Å². The van der Waals surface area contributed by atoms with E-state index in [1.54, 1.807) is 18.3 Å². The van der Waals surface area contributed by atoms with Crippen molar-refractivity contribution in [3.05, 3.63) is 54.0 Å². The van der Waals surface area contributed by atoms with E-state index in [9.17, 15) is 9.18 Å². The van der Waals surface area contributed by atoms with Gasteiger partial charge >= 0.3 is 0 Å². The molecule has 0 radical (unpaired) electrons. The summed E-state index contributed by atoms with van der Waals surface area (Å²) in [5.74, 6) is 0.377. The van der Waals surface area contributed by atoms with Gasteiger partial charge < -0.3 is 10.6 Å². The molecule has 1 aliphatic carbocycles. The Hall–Kier alpha value is -2.43. The fourth-order valence-corrected chi connectivity index (χ4v) is 1.98. The number of carbonyl (C=O) groups is 1. The van der Waals surface area contributed by atoms with Crippen LogP contribution in [0.1, 0.15) is 18.4 Å². The Labute approximate surface area is 122 Å². The molecule has 0 bridgehead atoms. The molecule has 1 heterocycles. The van der Waals surface area contributed by atoms with E-state index in [2.05, 4.69) is 15.6 Å². The second-order valence-electron chi connectivity index (χ2n) is 5.20. The lowest BCUT2D eigenvalue weighted by Gasteiger charge is -2.07. The quantitative estimate of drug-likeness (QED) is 0.888. The first-order valence-electron chi connectivity index (χ1n) is 6.96. The van der Waals surface area contributed by atoms with Crippen LogP contribution in [0.15, 0.2) is 42.6 Å². The minimum atomic E-state index is -0.304. The number of carbonyl (C=O) groups excluding carboxylic acids is 1. The molecule has 1 amide bonds. The third-order valence-corrected chi connectivity index (χ3v) is 3.25. The van der Waals surface area contributed by atoms with E-state index in [4.69, 9.17) is 0 Å². The average Bonchev–Trinajstić information content (AvgIpc) is 3.28. The number of aromatic nitrogens is 1. The highest BCUT2D eigenvalue weighted by atomic mass is 19.1. The summed E-state index contributed by atoms with van der Waals surface area (Å²) in [5.41, 5.74) is 1.43. The molecule has 0 saturated heterocycles. The Bertz CT molecular complexity index is 621. The van der Waals surface area contributed by atoms with Crippen molar-refractivity contribution in [3.63, 3.8) is 0 Å². The highest BCUT2D eigenvalue weighted by Gasteiger charge is 2.21. The molecule has 1 aliphatic rings. The van der Waals surface area contributed by atoms with Crippen LogP contribution in [0.5, 0.6) is 0 Å². The normalized spacial score (nSPS) is 13.8. The molecule has 4 nitrogen and oxygen atoms in total. The van der Waals surface area contributed by atoms with Gasteiger partial charge in [-0.2, -0.15) is 0 Å². The number of anilines is 2. The van der Waals surface area contributed by atoms with Crippen LogP contribution in [0.3, 0.4) is 0 Å². The molecular weight excluding hydrogens is 269 g/mol. The minimum absolute atomic E-state index is 0.147. The van der Waals surface area contributed by atoms with Gasteiger partial charge in [-0.1, -0.05) is 12.1 Å². The van der Waals surface area contributed by atoms with Gasteiger partial charge in [0.1, 0.15) is 11.6 Å². The van der Waals surface area contributed by atoms with Crippen LogP contribution in [0.4, 0.5) is 15.9 Å². The number of hydrogen-bond acceptors (Lipinski definition) is 3. The summed E-state index contributed by atoms with van der Waals surface area (Å²) in [6.07, 6.45) is 4.23. The van der Waals surface area contributed by atoms with Crippen LogP contribution in [0.2, 0.25) is 0 Å². The number of pyridine rings is 1. The number of hydrogen-bond donors (Lipinski definition) is 2. The standard InChI is InChI=1S/C16H16FN3O/c17-12-3-1-11(2-4-12)9-16(21)20-14-7-8-15(18-10-14)19-13-5-6-13/h1-4,7-8,10,13H,5-6,9H2,(H,18,19)(H,20,21). The smallest absolute Gasteiger partial charge is 0.228 e. The van der Waals surface area contributed by atoms with Crippen molar-refractivity contribution in [3.8, 4) is 0 Å². The summed E-state index contributed by atoms with van der Waals surface area (Å²) < 4.78 is 12.8. The predicted octanol–water partition coefficient (Wildman–Crippen LogP) is 2.98. The van der Waals surface area contributed by atoms with Crippen molar-refractivity contribution >= 4 is 17.4 Å². The summed E-state index contributed by atoms with van der Waals surface area (Å²) in [6, 6.07) is 10.1. The molecule has 1 aromatic carbocycles. The van der Waals surface area contributed by atoms with Gasteiger partial charge in [0.2, 0.25) is 5.91 Å². The lowest BCUT2D eigenvalue weighted by atomic mass is 10.1. The Balaban J connectivity index is 1.55.